The van der Waals surface area contributed by atoms with E-state index in [1.807, 2.05) is 41.3 Å². The summed E-state index contributed by atoms with van der Waals surface area (Å²) in [5.41, 5.74) is 1.25. The Morgan fingerprint density at radius 3 is 2.96 bits per heavy atom. The standard InChI is InChI=1S/C20H23N5OS/c26-19(15-24-10-4-8-17(24)14-25-11-5-9-22-25)23-20-21-13-18(27-20)12-16-6-2-1-3-7-16/h1-3,5-7,9,11,13,17H,4,8,10,12,14-15H2,(H,21,23,26). The van der Waals surface area contributed by atoms with E-state index in [0.717, 1.165) is 37.2 Å². The highest BCUT2D eigenvalue weighted by atomic mass is 32.1. The van der Waals surface area contributed by atoms with Crippen molar-refractivity contribution in [1.82, 2.24) is 19.7 Å². The van der Waals surface area contributed by atoms with Gasteiger partial charge in [0.15, 0.2) is 5.13 Å². The monoisotopic (exact) mass is 381 g/mol. The van der Waals surface area contributed by atoms with E-state index in [2.05, 4.69) is 32.4 Å². The molecule has 0 aliphatic carbocycles. The summed E-state index contributed by atoms with van der Waals surface area (Å²) in [4.78, 5) is 20.2. The molecule has 1 fully saturated rings. The van der Waals surface area contributed by atoms with Crippen LogP contribution in [-0.2, 0) is 17.8 Å². The van der Waals surface area contributed by atoms with Crippen molar-refractivity contribution >= 4 is 22.4 Å². The second-order valence-electron chi connectivity index (χ2n) is 6.84. The lowest BCUT2D eigenvalue weighted by Gasteiger charge is -2.23. The van der Waals surface area contributed by atoms with Gasteiger partial charge in [-0.1, -0.05) is 30.3 Å². The van der Waals surface area contributed by atoms with Gasteiger partial charge < -0.3 is 5.32 Å². The summed E-state index contributed by atoms with van der Waals surface area (Å²) in [7, 11) is 0. The molecule has 27 heavy (non-hydrogen) atoms. The van der Waals surface area contributed by atoms with E-state index in [4.69, 9.17) is 0 Å². The molecule has 1 aromatic carbocycles. The number of aromatic nitrogens is 3. The lowest BCUT2D eigenvalue weighted by Crippen LogP contribution is -2.39. The van der Waals surface area contributed by atoms with Gasteiger partial charge in [-0.15, -0.1) is 11.3 Å². The molecule has 1 aliphatic rings. The molecule has 3 aromatic rings. The molecule has 3 heterocycles. The normalized spacial score (nSPS) is 17.3. The third kappa shape index (κ3) is 4.81. The molecule has 1 amide bonds. The van der Waals surface area contributed by atoms with Crippen molar-refractivity contribution in [2.24, 2.45) is 0 Å². The molecule has 1 atom stereocenters. The van der Waals surface area contributed by atoms with Crippen LogP contribution in [0.25, 0.3) is 0 Å². The smallest absolute Gasteiger partial charge is 0.240 e. The summed E-state index contributed by atoms with van der Waals surface area (Å²) < 4.78 is 1.94. The molecule has 2 aromatic heterocycles. The summed E-state index contributed by atoms with van der Waals surface area (Å²) in [6, 6.07) is 12.6. The molecule has 1 aliphatic heterocycles. The highest BCUT2D eigenvalue weighted by Crippen LogP contribution is 2.22. The van der Waals surface area contributed by atoms with Crippen molar-refractivity contribution in [3.05, 3.63) is 65.4 Å². The molecule has 1 N–H and O–H groups in total. The maximum Gasteiger partial charge on any atom is 0.240 e. The quantitative estimate of drug-likeness (QED) is 0.683. The lowest BCUT2D eigenvalue weighted by atomic mass is 10.1. The first-order valence-corrected chi connectivity index (χ1v) is 10.1. The van der Waals surface area contributed by atoms with Crippen LogP contribution in [0.2, 0.25) is 0 Å². The summed E-state index contributed by atoms with van der Waals surface area (Å²) in [6.45, 7) is 2.19. The highest BCUT2D eigenvalue weighted by molar-refractivity contribution is 7.15. The largest absolute Gasteiger partial charge is 0.301 e. The molecule has 0 saturated carbocycles. The minimum Gasteiger partial charge on any atom is -0.301 e. The van der Waals surface area contributed by atoms with E-state index in [1.165, 1.54) is 5.56 Å². The van der Waals surface area contributed by atoms with Crippen LogP contribution in [0.3, 0.4) is 0 Å². The zero-order valence-corrected chi connectivity index (χ0v) is 15.9. The summed E-state index contributed by atoms with van der Waals surface area (Å²) >= 11 is 1.54. The Labute approximate surface area is 162 Å². The van der Waals surface area contributed by atoms with Crippen LogP contribution in [0.4, 0.5) is 5.13 Å². The lowest BCUT2D eigenvalue weighted by molar-refractivity contribution is -0.117. The fourth-order valence-corrected chi connectivity index (χ4v) is 4.38. The van der Waals surface area contributed by atoms with Crippen molar-refractivity contribution in [3.8, 4) is 0 Å². The van der Waals surface area contributed by atoms with Gasteiger partial charge in [0.25, 0.3) is 0 Å². The minimum atomic E-state index is 0.00276. The number of hydrogen-bond acceptors (Lipinski definition) is 5. The number of thiazole rings is 1. The van der Waals surface area contributed by atoms with Gasteiger partial charge in [0.05, 0.1) is 13.1 Å². The van der Waals surface area contributed by atoms with Crippen LogP contribution < -0.4 is 5.32 Å². The van der Waals surface area contributed by atoms with Gasteiger partial charge in [0.1, 0.15) is 0 Å². The molecule has 1 unspecified atom stereocenters. The third-order valence-corrected chi connectivity index (χ3v) is 5.74. The summed E-state index contributed by atoms with van der Waals surface area (Å²) in [5.74, 6) is 0.00276. The molecule has 0 radical (unpaired) electrons. The van der Waals surface area contributed by atoms with Gasteiger partial charge in [-0.05, 0) is 31.0 Å². The number of nitrogens with zero attached hydrogens (tertiary/aromatic N) is 4. The number of likely N-dealkylation sites (tertiary alicyclic amines) is 1. The Morgan fingerprint density at radius 2 is 2.15 bits per heavy atom. The third-order valence-electron chi connectivity index (χ3n) is 4.82. The zero-order valence-electron chi connectivity index (χ0n) is 15.1. The molecule has 7 heteroatoms. The van der Waals surface area contributed by atoms with Crippen LogP contribution in [-0.4, -0.2) is 44.7 Å². The Bertz CT molecular complexity index is 862. The molecule has 0 bridgehead atoms. The zero-order chi connectivity index (χ0) is 18.5. The van der Waals surface area contributed by atoms with Crippen molar-refractivity contribution in [2.75, 3.05) is 18.4 Å². The van der Waals surface area contributed by atoms with Crippen LogP contribution in [0, 0.1) is 0 Å². The molecule has 140 valence electrons. The topological polar surface area (TPSA) is 63.1 Å². The van der Waals surface area contributed by atoms with E-state index >= 15 is 0 Å². The average molecular weight is 382 g/mol. The van der Waals surface area contributed by atoms with Gasteiger partial charge >= 0.3 is 0 Å². The molecule has 4 rings (SSSR count). The molecular formula is C20H23N5OS. The Morgan fingerprint density at radius 1 is 1.26 bits per heavy atom. The van der Waals surface area contributed by atoms with Crippen molar-refractivity contribution in [1.29, 1.82) is 0 Å². The van der Waals surface area contributed by atoms with E-state index in [9.17, 15) is 4.79 Å². The molecule has 6 nitrogen and oxygen atoms in total. The first-order valence-electron chi connectivity index (χ1n) is 9.26. The van der Waals surface area contributed by atoms with Gasteiger partial charge in [0.2, 0.25) is 5.91 Å². The first-order chi connectivity index (χ1) is 13.3. The summed E-state index contributed by atoms with van der Waals surface area (Å²) in [6.07, 6.45) is 8.68. The number of anilines is 1. The predicted molar refractivity (Wildman–Crippen MR) is 107 cm³/mol. The maximum absolute atomic E-state index is 12.5. The number of carbonyl (C=O) groups excluding carboxylic acids is 1. The van der Waals surface area contributed by atoms with Crippen LogP contribution in [0.5, 0.6) is 0 Å². The Kier molecular flexibility index (Phi) is 5.60. The Balaban J connectivity index is 1.30. The number of nitrogens with one attached hydrogen (secondary N) is 1. The predicted octanol–water partition coefficient (Wildman–Crippen LogP) is 3.03. The average Bonchev–Trinajstić information content (AvgIpc) is 3.41. The number of amides is 1. The fourth-order valence-electron chi connectivity index (χ4n) is 3.52. The second kappa shape index (κ2) is 8.45. The van der Waals surface area contributed by atoms with E-state index in [-0.39, 0.29) is 5.91 Å². The number of rotatable bonds is 7. The number of hydrogen-bond donors (Lipinski definition) is 1. The molecule has 1 saturated heterocycles. The van der Waals surface area contributed by atoms with Gasteiger partial charge in [-0.2, -0.15) is 5.10 Å². The van der Waals surface area contributed by atoms with Crippen LogP contribution >= 0.6 is 11.3 Å². The highest BCUT2D eigenvalue weighted by Gasteiger charge is 2.26. The maximum atomic E-state index is 12.5. The van der Waals surface area contributed by atoms with Gasteiger partial charge in [-0.25, -0.2) is 4.98 Å². The second-order valence-corrected chi connectivity index (χ2v) is 7.95. The van der Waals surface area contributed by atoms with Crippen LogP contribution in [0.15, 0.2) is 55.0 Å². The minimum absolute atomic E-state index is 0.00276. The van der Waals surface area contributed by atoms with Crippen molar-refractivity contribution < 1.29 is 4.79 Å². The molecule has 0 spiro atoms. The van der Waals surface area contributed by atoms with E-state index < -0.39 is 0 Å². The summed E-state index contributed by atoms with van der Waals surface area (Å²) in [5, 5.41) is 7.91. The Hall–Kier alpha value is -2.51. The molecular weight excluding hydrogens is 358 g/mol. The van der Waals surface area contributed by atoms with Gasteiger partial charge in [0, 0.05) is 35.9 Å². The first kappa shape index (κ1) is 17.9. The van der Waals surface area contributed by atoms with Crippen LogP contribution in [0.1, 0.15) is 23.3 Å². The van der Waals surface area contributed by atoms with Crippen molar-refractivity contribution in [3.63, 3.8) is 0 Å². The number of carbonyl (C=O) groups is 1. The van der Waals surface area contributed by atoms with Crippen molar-refractivity contribution in [2.45, 2.75) is 31.8 Å². The SMILES string of the molecule is O=C(CN1CCCC1Cn1cccn1)Nc1ncc(Cc2ccccc2)s1. The van der Waals surface area contributed by atoms with E-state index in [0.29, 0.717) is 17.7 Å². The van der Waals surface area contributed by atoms with Gasteiger partial charge in [-0.3, -0.25) is 14.4 Å². The van der Waals surface area contributed by atoms with E-state index in [1.54, 1.807) is 17.5 Å². The fraction of sp³-hybridized carbons (Fsp3) is 0.350. The number of benzene rings is 1.